The van der Waals surface area contributed by atoms with Crippen molar-refractivity contribution < 1.29 is 4.74 Å². The van der Waals surface area contributed by atoms with Crippen molar-refractivity contribution in [3.63, 3.8) is 0 Å². The minimum atomic E-state index is 0.829. The second-order valence-corrected chi connectivity index (χ2v) is 5.36. The van der Waals surface area contributed by atoms with Crippen molar-refractivity contribution in [1.82, 2.24) is 4.90 Å². The van der Waals surface area contributed by atoms with Gasteiger partial charge in [0.15, 0.2) is 0 Å². The lowest BCUT2D eigenvalue weighted by Crippen LogP contribution is -2.37. The van der Waals surface area contributed by atoms with Crippen molar-refractivity contribution in [3.8, 4) is 0 Å². The SMILES string of the molecule is C=C(C)CN(C)Cc1ccccc1N1CCOCC1. The van der Waals surface area contributed by atoms with Gasteiger partial charge in [0, 0.05) is 31.9 Å². The summed E-state index contributed by atoms with van der Waals surface area (Å²) in [6.45, 7) is 11.6. The van der Waals surface area contributed by atoms with Crippen LogP contribution in [0.25, 0.3) is 0 Å². The molecule has 3 nitrogen and oxygen atoms in total. The number of likely N-dealkylation sites (N-methyl/N-ethyl adjacent to an activating group) is 1. The zero-order valence-electron chi connectivity index (χ0n) is 12.1. The molecule has 104 valence electrons. The Labute approximate surface area is 116 Å². The maximum atomic E-state index is 5.43. The van der Waals surface area contributed by atoms with Crippen LogP contribution in [0.5, 0.6) is 0 Å². The molecule has 1 heterocycles. The first-order valence-corrected chi connectivity index (χ1v) is 6.90. The summed E-state index contributed by atoms with van der Waals surface area (Å²) < 4.78 is 5.43. The van der Waals surface area contributed by atoms with Crippen LogP contribution in [0.15, 0.2) is 36.4 Å². The number of hydrogen-bond acceptors (Lipinski definition) is 3. The molecular formula is C16H24N2O. The van der Waals surface area contributed by atoms with Gasteiger partial charge in [-0.25, -0.2) is 0 Å². The quantitative estimate of drug-likeness (QED) is 0.757. The van der Waals surface area contributed by atoms with Crippen LogP contribution in [0.4, 0.5) is 5.69 Å². The third kappa shape index (κ3) is 4.08. The van der Waals surface area contributed by atoms with Crippen LogP contribution >= 0.6 is 0 Å². The first kappa shape index (κ1) is 14.1. The molecule has 0 N–H and O–H groups in total. The van der Waals surface area contributed by atoms with Gasteiger partial charge >= 0.3 is 0 Å². The topological polar surface area (TPSA) is 15.7 Å². The predicted octanol–water partition coefficient (Wildman–Crippen LogP) is 2.53. The average molecular weight is 260 g/mol. The van der Waals surface area contributed by atoms with Gasteiger partial charge in [0.25, 0.3) is 0 Å². The normalized spacial score (nSPS) is 15.8. The van der Waals surface area contributed by atoms with E-state index in [9.17, 15) is 0 Å². The molecule has 0 bridgehead atoms. The van der Waals surface area contributed by atoms with Crippen molar-refractivity contribution in [2.75, 3.05) is 44.8 Å². The second-order valence-electron chi connectivity index (χ2n) is 5.36. The van der Waals surface area contributed by atoms with E-state index in [0.29, 0.717) is 0 Å². The highest BCUT2D eigenvalue weighted by Gasteiger charge is 2.14. The van der Waals surface area contributed by atoms with Gasteiger partial charge in [0.2, 0.25) is 0 Å². The predicted molar refractivity (Wildman–Crippen MR) is 80.6 cm³/mol. The van der Waals surface area contributed by atoms with Gasteiger partial charge in [0.1, 0.15) is 0 Å². The third-order valence-corrected chi connectivity index (χ3v) is 3.32. The van der Waals surface area contributed by atoms with E-state index in [2.05, 4.69) is 54.6 Å². The minimum absolute atomic E-state index is 0.829. The highest BCUT2D eigenvalue weighted by atomic mass is 16.5. The number of ether oxygens (including phenoxy) is 1. The van der Waals surface area contributed by atoms with Crippen LogP contribution in [-0.2, 0) is 11.3 Å². The lowest BCUT2D eigenvalue weighted by molar-refractivity contribution is 0.122. The Bertz CT molecular complexity index is 425. The van der Waals surface area contributed by atoms with Gasteiger partial charge in [-0.3, -0.25) is 4.90 Å². The van der Waals surface area contributed by atoms with Gasteiger partial charge in [0.05, 0.1) is 13.2 Å². The second kappa shape index (κ2) is 6.73. The zero-order chi connectivity index (χ0) is 13.7. The molecule has 0 amide bonds. The molecule has 0 unspecified atom stereocenters. The number of nitrogens with zero attached hydrogens (tertiary/aromatic N) is 2. The molecule has 1 aliphatic heterocycles. The summed E-state index contributed by atoms with van der Waals surface area (Å²) in [5, 5.41) is 0. The van der Waals surface area contributed by atoms with E-state index in [-0.39, 0.29) is 0 Å². The molecule has 19 heavy (non-hydrogen) atoms. The van der Waals surface area contributed by atoms with Crippen LogP contribution in [0, 0.1) is 0 Å². The molecule has 1 aliphatic rings. The Balaban J connectivity index is 2.09. The van der Waals surface area contributed by atoms with Crippen molar-refractivity contribution in [3.05, 3.63) is 42.0 Å². The monoisotopic (exact) mass is 260 g/mol. The molecule has 0 saturated carbocycles. The average Bonchev–Trinajstić information content (AvgIpc) is 2.39. The number of hydrogen-bond donors (Lipinski definition) is 0. The third-order valence-electron chi connectivity index (χ3n) is 3.32. The number of benzene rings is 1. The summed E-state index contributed by atoms with van der Waals surface area (Å²) in [5.74, 6) is 0. The lowest BCUT2D eigenvalue weighted by Gasteiger charge is -2.31. The Hall–Kier alpha value is -1.32. The maximum Gasteiger partial charge on any atom is 0.0642 e. The van der Waals surface area contributed by atoms with Crippen LogP contribution in [0.1, 0.15) is 12.5 Å². The summed E-state index contributed by atoms with van der Waals surface area (Å²) in [7, 11) is 2.14. The molecular weight excluding hydrogens is 236 g/mol. The Morgan fingerprint density at radius 2 is 2.00 bits per heavy atom. The van der Waals surface area contributed by atoms with Crippen LogP contribution in [0.3, 0.4) is 0 Å². The summed E-state index contributed by atoms with van der Waals surface area (Å²) in [6.07, 6.45) is 0. The highest BCUT2D eigenvalue weighted by Crippen LogP contribution is 2.22. The van der Waals surface area contributed by atoms with E-state index in [1.807, 2.05) is 0 Å². The smallest absolute Gasteiger partial charge is 0.0642 e. The number of morpholine rings is 1. The largest absolute Gasteiger partial charge is 0.378 e. The summed E-state index contributed by atoms with van der Waals surface area (Å²) >= 11 is 0. The molecule has 0 spiro atoms. The molecule has 0 aliphatic carbocycles. The summed E-state index contributed by atoms with van der Waals surface area (Å²) in [4.78, 5) is 4.73. The molecule has 1 aromatic carbocycles. The summed E-state index contributed by atoms with van der Waals surface area (Å²) in [5.41, 5.74) is 3.93. The van der Waals surface area contributed by atoms with E-state index in [0.717, 1.165) is 39.4 Å². The molecule has 1 saturated heterocycles. The van der Waals surface area contributed by atoms with Crippen molar-refractivity contribution in [2.45, 2.75) is 13.5 Å². The molecule has 0 aromatic heterocycles. The van der Waals surface area contributed by atoms with Gasteiger partial charge in [-0.05, 0) is 25.6 Å². The standard InChI is InChI=1S/C16H24N2O/c1-14(2)12-17(3)13-15-6-4-5-7-16(15)18-8-10-19-11-9-18/h4-7H,1,8-13H2,2-3H3. The van der Waals surface area contributed by atoms with Gasteiger partial charge in [-0.15, -0.1) is 0 Å². The van der Waals surface area contributed by atoms with Crippen LogP contribution < -0.4 is 4.90 Å². The minimum Gasteiger partial charge on any atom is -0.378 e. The van der Waals surface area contributed by atoms with Gasteiger partial charge in [-0.2, -0.15) is 0 Å². The first-order chi connectivity index (χ1) is 9.16. The fourth-order valence-corrected chi connectivity index (χ4v) is 2.56. The Morgan fingerprint density at radius 1 is 1.32 bits per heavy atom. The maximum absolute atomic E-state index is 5.43. The van der Waals surface area contributed by atoms with E-state index < -0.39 is 0 Å². The van der Waals surface area contributed by atoms with Gasteiger partial charge in [-0.1, -0.05) is 30.4 Å². The molecule has 0 radical (unpaired) electrons. The molecule has 3 heteroatoms. The zero-order valence-corrected chi connectivity index (χ0v) is 12.1. The highest BCUT2D eigenvalue weighted by molar-refractivity contribution is 5.53. The molecule has 1 fully saturated rings. The molecule has 1 aromatic rings. The fourth-order valence-electron chi connectivity index (χ4n) is 2.56. The van der Waals surface area contributed by atoms with Gasteiger partial charge < -0.3 is 9.64 Å². The van der Waals surface area contributed by atoms with E-state index in [1.54, 1.807) is 0 Å². The Kier molecular flexibility index (Phi) is 5.00. The number of anilines is 1. The van der Waals surface area contributed by atoms with Crippen molar-refractivity contribution in [1.29, 1.82) is 0 Å². The van der Waals surface area contributed by atoms with E-state index in [4.69, 9.17) is 4.74 Å². The number of para-hydroxylation sites is 1. The Morgan fingerprint density at radius 3 is 2.68 bits per heavy atom. The van der Waals surface area contributed by atoms with Crippen LogP contribution in [-0.4, -0.2) is 44.8 Å². The fraction of sp³-hybridized carbons (Fsp3) is 0.500. The number of rotatable bonds is 5. The van der Waals surface area contributed by atoms with Crippen molar-refractivity contribution in [2.24, 2.45) is 0 Å². The molecule has 2 rings (SSSR count). The van der Waals surface area contributed by atoms with Crippen LogP contribution in [0.2, 0.25) is 0 Å². The lowest BCUT2D eigenvalue weighted by atomic mass is 10.1. The summed E-state index contributed by atoms with van der Waals surface area (Å²) in [6, 6.07) is 8.68. The molecule has 0 atom stereocenters. The van der Waals surface area contributed by atoms with E-state index in [1.165, 1.54) is 16.8 Å². The van der Waals surface area contributed by atoms with E-state index >= 15 is 0 Å². The first-order valence-electron chi connectivity index (χ1n) is 6.90. The van der Waals surface area contributed by atoms with Crippen molar-refractivity contribution >= 4 is 5.69 Å².